The van der Waals surface area contributed by atoms with Gasteiger partial charge in [0, 0.05) is 12.2 Å². The van der Waals surface area contributed by atoms with Crippen LogP contribution in [0, 0.1) is 0 Å². The number of nitrogens with zero attached hydrogens (tertiary/aromatic N) is 3. The molecule has 118 valence electrons. The van der Waals surface area contributed by atoms with Crippen LogP contribution in [0.25, 0.3) is 0 Å². The van der Waals surface area contributed by atoms with Gasteiger partial charge in [-0.15, -0.1) is 0 Å². The zero-order chi connectivity index (χ0) is 16.2. The van der Waals surface area contributed by atoms with E-state index in [0.717, 1.165) is 5.69 Å². The smallest absolute Gasteiger partial charge is 0.250 e. The maximum atomic E-state index is 9.32. The maximum absolute atomic E-state index is 9.32. The summed E-state index contributed by atoms with van der Waals surface area (Å²) in [4.78, 5) is 12.3. The van der Waals surface area contributed by atoms with Gasteiger partial charge in [-0.3, -0.25) is 0 Å². The largest absolute Gasteiger partial charge is 0.392 e. The van der Waals surface area contributed by atoms with Crippen molar-refractivity contribution in [1.82, 2.24) is 15.0 Å². The van der Waals surface area contributed by atoms with Crippen LogP contribution in [0.2, 0.25) is 0 Å². The predicted octanol–water partition coefficient (Wildman–Crippen LogP) is 3.23. The highest BCUT2D eigenvalue weighted by Gasteiger charge is 2.28. The lowest BCUT2D eigenvalue weighted by Crippen LogP contribution is -2.19. The van der Waals surface area contributed by atoms with Crippen LogP contribution in [-0.2, 0) is 3.79 Å². The number of halogens is 3. The van der Waals surface area contributed by atoms with E-state index < -0.39 is 9.90 Å². The van der Waals surface area contributed by atoms with Crippen molar-refractivity contribution >= 4 is 52.4 Å². The van der Waals surface area contributed by atoms with Gasteiger partial charge >= 0.3 is 0 Å². The van der Waals surface area contributed by atoms with Gasteiger partial charge in [0.2, 0.25) is 15.7 Å². The molecule has 0 saturated heterocycles. The molecule has 1 heterocycles. The second kappa shape index (κ2) is 7.28. The molecular weight excluding hydrogens is 349 g/mol. The van der Waals surface area contributed by atoms with Gasteiger partial charge < -0.3 is 15.7 Å². The van der Waals surface area contributed by atoms with Gasteiger partial charge in [0.25, 0.3) is 0 Å². The van der Waals surface area contributed by atoms with Crippen LogP contribution in [0.5, 0.6) is 0 Å². The third kappa shape index (κ3) is 5.14. The van der Waals surface area contributed by atoms with Crippen molar-refractivity contribution in [2.24, 2.45) is 0 Å². The van der Waals surface area contributed by atoms with E-state index in [-0.39, 0.29) is 24.3 Å². The SMILES string of the molecule is CC(O)CNc1nc(Nc2ccccc2)nc(C(Cl)(Cl)Cl)n1. The number of rotatable bonds is 5. The fraction of sp³-hybridized carbons (Fsp3) is 0.308. The van der Waals surface area contributed by atoms with Crippen LogP contribution in [0.1, 0.15) is 12.7 Å². The van der Waals surface area contributed by atoms with Crippen LogP contribution in [0.3, 0.4) is 0 Å². The van der Waals surface area contributed by atoms with Gasteiger partial charge in [0.05, 0.1) is 6.10 Å². The molecule has 0 radical (unpaired) electrons. The number of aliphatic hydroxyl groups excluding tert-OH is 1. The lowest BCUT2D eigenvalue weighted by Gasteiger charge is -2.14. The Morgan fingerprint density at radius 2 is 1.73 bits per heavy atom. The zero-order valence-corrected chi connectivity index (χ0v) is 13.9. The highest BCUT2D eigenvalue weighted by Crippen LogP contribution is 2.36. The fourth-order valence-corrected chi connectivity index (χ4v) is 1.78. The van der Waals surface area contributed by atoms with Crippen LogP contribution in [-0.4, -0.2) is 32.7 Å². The minimum atomic E-state index is -1.78. The fourth-order valence-electron chi connectivity index (χ4n) is 1.53. The minimum Gasteiger partial charge on any atom is -0.392 e. The Morgan fingerprint density at radius 1 is 1.09 bits per heavy atom. The van der Waals surface area contributed by atoms with E-state index in [0.29, 0.717) is 0 Å². The molecule has 22 heavy (non-hydrogen) atoms. The zero-order valence-electron chi connectivity index (χ0n) is 11.6. The number of nitrogens with one attached hydrogen (secondary N) is 2. The van der Waals surface area contributed by atoms with Gasteiger partial charge in [-0.2, -0.15) is 15.0 Å². The predicted molar refractivity (Wildman–Crippen MR) is 89.0 cm³/mol. The Morgan fingerprint density at radius 3 is 2.32 bits per heavy atom. The number of hydrogen-bond acceptors (Lipinski definition) is 6. The first-order valence-corrected chi connectivity index (χ1v) is 7.55. The highest BCUT2D eigenvalue weighted by atomic mass is 35.6. The third-order valence-electron chi connectivity index (χ3n) is 2.47. The molecule has 1 atom stereocenters. The van der Waals surface area contributed by atoms with Crippen LogP contribution in [0.4, 0.5) is 17.6 Å². The van der Waals surface area contributed by atoms with Crippen LogP contribution >= 0.6 is 34.8 Å². The standard InChI is InChI=1S/C13H14Cl3N5O/c1-8(22)7-17-11-19-10(13(14,15)16)20-12(21-11)18-9-5-3-2-4-6-9/h2-6,8,22H,7H2,1H3,(H2,17,18,19,20,21). The summed E-state index contributed by atoms with van der Waals surface area (Å²) in [5.74, 6) is 0.422. The first-order chi connectivity index (χ1) is 10.3. The Labute approximate surface area is 142 Å². The first-order valence-electron chi connectivity index (χ1n) is 6.42. The molecular formula is C13H14Cl3N5O. The Bertz CT molecular complexity index is 619. The summed E-state index contributed by atoms with van der Waals surface area (Å²) in [6.45, 7) is 1.89. The summed E-state index contributed by atoms with van der Waals surface area (Å²) in [7, 11) is 0. The molecule has 0 fully saturated rings. The molecule has 3 N–H and O–H groups in total. The van der Waals surface area contributed by atoms with E-state index in [1.807, 2.05) is 30.3 Å². The molecule has 0 aliphatic heterocycles. The second-order valence-corrected chi connectivity index (χ2v) is 6.81. The molecule has 0 spiro atoms. The molecule has 0 aliphatic carbocycles. The van der Waals surface area contributed by atoms with Gasteiger partial charge in [-0.05, 0) is 19.1 Å². The van der Waals surface area contributed by atoms with Crippen molar-refractivity contribution in [2.45, 2.75) is 16.8 Å². The molecule has 0 saturated carbocycles. The molecule has 6 nitrogen and oxygen atoms in total. The van der Waals surface area contributed by atoms with Crippen molar-refractivity contribution in [3.8, 4) is 0 Å². The molecule has 9 heteroatoms. The molecule has 0 aliphatic rings. The van der Waals surface area contributed by atoms with Crippen molar-refractivity contribution in [3.63, 3.8) is 0 Å². The Kier molecular flexibility index (Phi) is 5.63. The number of para-hydroxylation sites is 1. The van der Waals surface area contributed by atoms with Gasteiger partial charge in [0.1, 0.15) is 0 Å². The summed E-state index contributed by atoms with van der Waals surface area (Å²) in [6, 6.07) is 9.32. The van der Waals surface area contributed by atoms with Crippen LogP contribution in [0.15, 0.2) is 30.3 Å². The number of alkyl halides is 3. The average molecular weight is 363 g/mol. The van der Waals surface area contributed by atoms with Crippen molar-refractivity contribution in [3.05, 3.63) is 36.2 Å². The van der Waals surface area contributed by atoms with Crippen molar-refractivity contribution < 1.29 is 5.11 Å². The number of hydrogen-bond donors (Lipinski definition) is 3. The summed E-state index contributed by atoms with van der Waals surface area (Å²) in [6.07, 6.45) is -0.571. The molecule has 0 bridgehead atoms. The van der Waals surface area contributed by atoms with E-state index >= 15 is 0 Å². The monoisotopic (exact) mass is 361 g/mol. The minimum absolute atomic E-state index is 0.0148. The second-order valence-electron chi connectivity index (χ2n) is 4.52. The van der Waals surface area contributed by atoms with Gasteiger partial charge in [-0.1, -0.05) is 53.0 Å². The summed E-state index contributed by atoms with van der Waals surface area (Å²) >= 11 is 17.5. The van der Waals surface area contributed by atoms with Crippen molar-refractivity contribution in [2.75, 3.05) is 17.2 Å². The molecule has 0 amide bonds. The normalized spacial score (nSPS) is 12.8. The lowest BCUT2D eigenvalue weighted by atomic mass is 10.3. The Balaban J connectivity index is 2.29. The number of aromatic nitrogens is 3. The Hall–Kier alpha value is -1.34. The maximum Gasteiger partial charge on any atom is 0.250 e. The topological polar surface area (TPSA) is 83.0 Å². The van der Waals surface area contributed by atoms with Crippen molar-refractivity contribution in [1.29, 1.82) is 0 Å². The average Bonchev–Trinajstić information content (AvgIpc) is 2.45. The van der Waals surface area contributed by atoms with E-state index in [1.165, 1.54) is 0 Å². The van der Waals surface area contributed by atoms with E-state index in [1.54, 1.807) is 6.92 Å². The molecule has 1 unspecified atom stereocenters. The number of aliphatic hydroxyl groups is 1. The van der Waals surface area contributed by atoms with E-state index in [9.17, 15) is 5.11 Å². The number of benzene rings is 1. The molecule has 2 aromatic rings. The summed E-state index contributed by atoms with van der Waals surface area (Å²) < 4.78 is -1.78. The third-order valence-corrected chi connectivity index (χ3v) is 2.98. The van der Waals surface area contributed by atoms with E-state index in [2.05, 4.69) is 25.6 Å². The van der Waals surface area contributed by atoms with Gasteiger partial charge in [-0.25, -0.2) is 0 Å². The molecule has 2 rings (SSSR count). The summed E-state index contributed by atoms with van der Waals surface area (Å²) in [5, 5.41) is 15.2. The van der Waals surface area contributed by atoms with E-state index in [4.69, 9.17) is 34.8 Å². The number of anilines is 3. The quantitative estimate of drug-likeness (QED) is 0.708. The molecule has 1 aromatic heterocycles. The van der Waals surface area contributed by atoms with Crippen LogP contribution < -0.4 is 10.6 Å². The first kappa shape index (κ1) is 17.0. The lowest BCUT2D eigenvalue weighted by molar-refractivity contribution is 0.208. The molecule has 1 aromatic carbocycles. The summed E-state index contributed by atoms with van der Waals surface area (Å²) in [5.41, 5.74) is 0.783. The van der Waals surface area contributed by atoms with Gasteiger partial charge in [0.15, 0.2) is 5.82 Å². The highest BCUT2D eigenvalue weighted by molar-refractivity contribution is 6.66.